The fraction of sp³-hybridized carbons (Fsp3) is 0.440. The summed E-state index contributed by atoms with van der Waals surface area (Å²) in [6.07, 6.45) is 8.51. The van der Waals surface area contributed by atoms with Crippen LogP contribution in [-0.2, 0) is 5.41 Å². The molecule has 2 aromatic carbocycles. The summed E-state index contributed by atoms with van der Waals surface area (Å²) in [5.74, 6) is 2.64. The first-order valence-electron chi connectivity index (χ1n) is 10.8. The quantitative estimate of drug-likeness (QED) is 0.655. The minimum absolute atomic E-state index is 0.189. The summed E-state index contributed by atoms with van der Waals surface area (Å²) in [6.45, 7) is 2.13. The lowest BCUT2D eigenvalue weighted by Crippen LogP contribution is -2.48. The molecule has 0 spiro atoms. The summed E-state index contributed by atoms with van der Waals surface area (Å²) in [5, 5.41) is 6.33. The van der Waals surface area contributed by atoms with Crippen molar-refractivity contribution in [1.82, 2.24) is 5.32 Å². The predicted octanol–water partition coefficient (Wildman–Crippen LogP) is 5.59. The SMILES string of the molecule is Cc1cc(C23CC4CC(CC(C4)C2)C3)ccc1NC(=S)NC(=O)c1ccccc1. The Labute approximate surface area is 178 Å². The zero-order chi connectivity index (χ0) is 20.0. The van der Waals surface area contributed by atoms with Gasteiger partial charge in [-0.1, -0.05) is 30.3 Å². The molecule has 6 rings (SSSR count). The summed E-state index contributed by atoms with van der Waals surface area (Å²) < 4.78 is 0. The van der Waals surface area contributed by atoms with Crippen molar-refractivity contribution in [1.29, 1.82) is 0 Å². The topological polar surface area (TPSA) is 41.1 Å². The molecule has 2 aromatic rings. The Morgan fingerprint density at radius 3 is 2.17 bits per heavy atom. The van der Waals surface area contributed by atoms with Crippen LogP contribution in [0.2, 0.25) is 0 Å². The lowest BCUT2D eigenvalue weighted by Gasteiger charge is -2.57. The maximum absolute atomic E-state index is 12.3. The Hall–Kier alpha value is -2.20. The Kier molecular flexibility index (Phi) is 4.70. The van der Waals surface area contributed by atoms with Crippen LogP contribution in [0.1, 0.15) is 60.0 Å². The molecule has 4 heteroatoms. The van der Waals surface area contributed by atoms with Gasteiger partial charge >= 0.3 is 0 Å². The molecule has 4 aliphatic rings. The van der Waals surface area contributed by atoms with Crippen molar-refractivity contribution < 1.29 is 4.79 Å². The van der Waals surface area contributed by atoms with Crippen LogP contribution in [0, 0.1) is 24.7 Å². The maximum atomic E-state index is 12.3. The first-order chi connectivity index (χ1) is 14.0. The average molecular weight is 405 g/mol. The molecule has 4 aliphatic carbocycles. The van der Waals surface area contributed by atoms with Crippen LogP contribution in [0.15, 0.2) is 48.5 Å². The maximum Gasteiger partial charge on any atom is 0.257 e. The molecule has 2 N–H and O–H groups in total. The minimum atomic E-state index is -0.189. The van der Waals surface area contributed by atoms with Gasteiger partial charge in [-0.25, -0.2) is 0 Å². The Morgan fingerprint density at radius 1 is 0.966 bits per heavy atom. The fourth-order valence-corrected chi connectivity index (χ4v) is 6.72. The van der Waals surface area contributed by atoms with E-state index in [0.29, 0.717) is 16.1 Å². The second kappa shape index (κ2) is 7.24. The number of nitrogens with one attached hydrogen (secondary N) is 2. The highest BCUT2D eigenvalue weighted by atomic mass is 32.1. The second-order valence-electron chi connectivity index (χ2n) is 9.50. The fourth-order valence-electron chi connectivity index (χ4n) is 6.52. The molecule has 0 unspecified atom stereocenters. The van der Waals surface area contributed by atoms with Crippen molar-refractivity contribution in [3.05, 3.63) is 65.2 Å². The van der Waals surface area contributed by atoms with Gasteiger partial charge in [0.25, 0.3) is 5.91 Å². The third kappa shape index (κ3) is 3.59. The third-order valence-corrected chi connectivity index (χ3v) is 7.59. The highest BCUT2D eigenvalue weighted by Crippen LogP contribution is 2.60. The predicted molar refractivity (Wildman–Crippen MR) is 121 cm³/mol. The lowest BCUT2D eigenvalue weighted by atomic mass is 9.48. The average Bonchev–Trinajstić information content (AvgIpc) is 2.69. The number of thiocarbonyl (C=S) groups is 1. The third-order valence-electron chi connectivity index (χ3n) is 7.39. The van der Waals surface area contributed by atoms with Gasteiger partial charge in [-0.2, -0.15) is 0 Å². The molecule has 4 bridgehead atoms. The van der Waals surface area contributed by atoms with Gasteiger partial charge in [0.15, 0.2) is 5.11 Å². The zero-order valence-corrected chi connectivity index (χ0v) is 17.7. The van der Waals surface area contributed by atoms with E-state index < -0.39 is 0 Å². The molecule has 150 valence electrons. The molecular formula is C25H28N2OS. The summed E-state index contributed by atoms with van der Waals surface area (Å²) in [4.78, 5) is 12.3. The number of hydrogen-bond acceptors (Lipinski definition) is 2. The van der Waals surface area contributed by atoms with Crippen LogP contribution >= 0.6 is 12.2 Å². The van der Waals surface area contributed by atoms with Gasteiger partial charge in [-0.3, -0.25) is 10.1 Å². The number of carbonyl (C=O) groups is 1. The van der Waals surface area contributed by atoms with Crippen LogP contribution in [0.3, 0.4) is 0 Å². The molecule has 3 nitrogen and oxygen atoms in total. The molecule has 0 radical (unpaired) electrons. The van der Waals surface area contributed by atoms with Crippen LogP contribution in [0.5, 0.6) is 0 Å². The van der Waals surface area contributed by atoms with Gasteiger partial charge < -0.3 is 5.32 Å². The van der Waals surface area contributed by atoms with E-state index in [4.69, 9.17) is 12.2 Å². The Morgan fingerprint density at radius 2 is 1.59 bits per heavy atom. The van der Waals surface area contributed by atoms with Crippen LogP contribution in [0.25, 0.3) is 0 Å². The molecule has 4 saturated carbocycles. The standard InChI is InChI=1S/C25H28N2OS/c1-16-9-21(25-13-17-10-18(14-25)12-19(11-17)15-25)7-8-22(16)26-24(29)27-23(28)20-5-3-2-4-6-20/h2-9,17-19H,10-15H2,1H3,(H2,26,27,28,29). The van der Waals surface area contributed by atoms with Gasteiger partial charge in [-0.15, -0.1) is 0 Å². The Balaban J connectivity index is 1.29. The summed E-state index contributed by atoms with van der Waals surface area (Å²) in [5.41, 5.74) is 4.68. The molecule has 1 amide bonds. The second-order valence-corrected chi connectivity index (χ2v) is 9.91. The minimum Gasteiger partial charge on any atom is -0.332 e. The van der Waals surface area contributed by atoms with E-state index in [1.807, 2.05) is 18.2 Å². The van der Waals surface area contributed by atoms with Gasteiger partial charge in [0.1, 0.15) is 0 Å². The van der Waals surface area contributed by atoms with E-state index in [1.165, 1.54) is 49.7 Å². The number of amides is 1. The molecular weight excluding hydrogens is 376 g/mol. The van der Waals surface area contributed by atoms with Gasteiger partial charge in [0, 0.05) is 11.3 Å². The molecule has 0 aliphatic heterocycles. The number of rotatable bonds is 3. The number of benzene rings is 2. The van der Waals surface area contributed by atoms with Gasteiger partial charge in [0.05, 0.1) is 0 Å². The first kappa shape index (κ1) is 18.8. The van der Waals surface area contributed by atoms with Crippen molar-refractivity contribution in [2.45, 2.75) is 50.9 Å². The van der Waals surface area contributed by atoms with Crippen molar-refractivity contribution >= 4 is 28.9 Å². The van der Waals surface area contributed by atoms with Crippen molar-refractivity contribution in [3.63, 3.8) is 0 Å². The van der Waals surface area contributed by atoms with E-state index in [9.17, 15) is 4.79 Å². The van der Waals surface area contributed by atoms with Gasteiger partial charge in [0.2, 0.25) is 0 Å². The molecule has 4 fully saturated rings. The molecule has 0 saturated heterocycles. The van der Waals surface area contributed by atoms with Crippen molar-refractivity contribution in [2.24, 2.45) is 17.8 Å². The molecule has 0 aromatic heterocycles. The summed E-state index contributed by atoms with van der Waals surface area (Å²) in [7, 11) is 0. The van der Waals surface area contributed by atoms with E-state index in [1.54, 1.807) is 12.1 Å². The van der Waals surface area contributed by atoms with Crippen LogP contribution in [-0.4, -0.2) is 11.0 Å². The van der Waals surface area contributed by atoms with E-state index in [-0.39, 0.29) is 5.91 Å². The number of hydrogen-bond donors (Lipinski definition) is 2. The highest BCUT2D eigenvalue weighted by Gasteiger charge is 2.51. The highest BCUT2D eigenvalue weighted by molar-refractivity contribution is 7.80. The van der Waals surface area contributed by atoms with Gasteiger partial charge in [-0.05, 0) is 110 Å². The van der Waals surface area contributed by atoms with E-state index >= 15 is 0 Å². The zero-order valence-electron chi connectivity index (χ0n) is 16.9. The van der Waals surface area contributed by atoms with Crippen LogP contribution in [0.4, 0.5) is 5.69 Å². The number of anilines is 1. The largest absolute Gasteiger partial charge is 0.332 e. The molecule has 0 heterocycles. The molecule has 0 atom stereocenters. The number of aryl methyl sites for hydroxylation is 1. The Bertz CT molecular complexity index is 917. The van der Waals surface area contributed by atoms with E-state index in [0.717, 1.165) is 23.4 Å². The molecule has 29 heavy (non-hydrogen) atoms. The smallest absolute Gasteiger partial charge is 0.257 e. The van der Waals surface area contributed by atoms with Crippen LogP contribution < -0.4 is 10.6 Å². The van der Waals surface area contributed by atoms with Crippen molar-refractivity contribution in [2.75, 3.05) is 5.32 Å². The first-order valence-corrected chi connectivity index (χ1v) is 11.2. The number of carbonyl (C=O) groups excluding carboxylic acids is 1. The van der Waals surface area contributed by atoms with Crippen molar-refractivity contribution in [3.8, 4) is 0 Å². The van der Waals surface area contributed by atoms with E-state index in [2.05, 4.69) is 35.8 Å². The lowest BCUT2D eigenvalue weighted by molar-refractivity contribution is -0.00520. The summed E-state index contributed by atoms with van der Waals surface area (Å²) >= 11 is 5.38. The normalized spacial score (nSPS) is 29.5. The summed E-state index contributed by atoms with van der Waals surface area (Å²) in [6, 6.07) is 15.9. The monoisotopic (exact) mass is 404 g/mol.